The van der Waals surface area contributed by atoms with Crippen LogP contribution >= 0.6 is 0 Å². The first kappa shape index (κ1) is 22.8. The maximum atomic E-state index is 9.78. The Bertz CT molecular complexity index is 1440. The van der Waals surface area contributed by atoms with Gasteiger partial charge in [-0.05, 0) is 56.7 Å². The molecule has 8 nitrogen and oxygen atoms in total. The van der Waals surface area contributed by atoms with Gasteiger partial charge in [0.25, 0.3) is 0 Å². The number of benzene rings is 1. The van der Waals surface area contributed by atoms with Crippen LogP contribution in [-0.2, 0) is 4.74 Å². The smallest absolute Gasteiger partial charge is 0.137 e. The molecular weight excluding hydrogens is 452 g/mol. The molecule has 2 aliphatic rings. The van der Waals surface area contributed by atoms with Gasteiger partial charge in [-0.1, -0.05) is 13.0 Å². The van der Waals surface area contributed by atoms with Crippen LogP contribution < -0.4 is 4.74 Å². The van der Waals surface area contributed by atoms with E-state index in [9.17, 15) is 5.26 Å². The first-order valence-corrected chi connectivity index (χ1v) is 12.5. The molecule has 2 aliphatic heterocycles. The Morgan fingerprint density at radius 3 is 2.75 bits per heavy atom. The number of pyridine rings is 1. The monoisotopic (exact) mass is 482 g/mol. The van der Waals surface area contributed by atoms with Crippen molar-refractivity contribution in [2.24, 2.45) is 5.41 Å². The number of nitrogens with zero attached hydrogens (tertiary/aromatic N) is 5. The number of hydrogen-bond acceptors (Lipinski definition) is 6. The lowest BCUT2D eigenvalue weighted by molar-refractivity contribution is -0.120. The van der Waals surface area contributed by atoms with Crippen molar-refractivity contribution in [3.05, 3.63) is 54.6 Å². The first-order chi connectivity index (χ1) is 17.5. The van der Waals surface area contributed by atoms with Crippen molar-refractivity contribution in [2.45, 2.75) is 25.8 Å². The highest BCUT2D eigenvalue weighted by molar-refractivity contribution is 5.96. The molecule has 0 unspecified atom stereocenters. The van der Waals surface area contributed by atoms with Gasteiger partial charge in [0.1, 0.15) is 17.5 Å². The van der Waals surface area contributed by atoms with Crippen LogP contribution in [0.3, 0.4) is 0 Å². The van der Waals surface area contributed by atoms with E-state index in [4.69, 9.17) is 9.47 Å². The predicted octanol–water partition coefficient (Wildman–Crippen LogP) is 4.65. The van der Waals surface area contributed by atoms with Crippen LogP contribution in [0.15, 0.2) is 49.1 Å². The van der Waals surface area contributed by atoms with Crippen molar-refractivity contribution in [3.8, 4) is 34.1 Å². The molecule has 0 saturated carbocycles. The van der Waals surface area contributed by atoms with E-state index in [2.05, 4.69) is 57.0 Å². The maximum Gasteiger partial charge on any atom is 0.137 e. The van der Waals surface area contributed by atoms with Gasteiger partial charge in [0, 0.05) is 46.1 Å². The highest BCUT2D eigenvalue weighted by Gasteiger charge is 2.34. The number of ether oxygens (including phenoxy) is 2. The minimum atomic E-state index is 0.0193. The average molecular weight is 483 g/mol. The van der Waals surface area contributed by atoms with Crippen molar-refractivity contribution >= 4 is 11.0 Å². The third-order valence-corrected chi connectivity index (χ3v) is 7.42. The number of aromatic nitrogens is 4. The van der Waals surface area contributed by atoms with E-state index in [-0.39, 0.29) is 5.41 Å². The number of H-pyrrole nitrogens is 1. The van der Waals surface area contributed by atoms with Gasteiger partial charge >= 0.3 is 0 Å². The lowest BCUT2D eigenvalue weighted by Crippen LogP contribution is -2.44. The number of fused-ring (bicyclic) bond motifs is 1. The standard InChI is InChI=1S/C28H30N6O2/c1-28(16-35-17-28)18-36-26-4-3-19(9-20(26)11-29)25-14-31-27-24(25)10-21(12-30-27)22-13-32-34(15-22)23-5-7-33(2)8-6-23/h3-4,9-10,12-15,23H,5-8,16-18H2,1-2H3,(H,30,31). The van der Waals surface area contributed by atoms with Gasteiger partial charge in [-0.3, -0.25) is 4.68 Å². The van der Waals surface area contributed by atoms with Gasteiger partial charge < -0.3 is 19.4 Å². The van der Waals surface area contributed by atoms with Crippen LogP contribution in [0, 0.1) is 16.7 Å². The summed E-state index contributed by atoms with van der Waals surface area (Å²) in [5.74, 6) is 0.606. The molecule has 1 aromatic carbocycles. The Hall–Kier alpha value is -3.67. The van der Waals surface area contributed by atoms with E-state index in [0.717, 1.165) is 59.2 Å². The normalized spacial score (nSPS) is 18.1. The second-order valence-corrected chi connectivity index (χ2v) is 10.5. The Kier molecular flexibility index (Phi) is 5.75. The van der Waals surface area contributed by atoms with Crippen LogP contribution in [0.2, 0.25) is 0 Å². The molecule has 0 radical (unpaired) electrons. The Balaban J connectivity index is 1.27. The molecule has 2 fully saturated rings. The zero-order chi connectivity index (χ0) is 24.7. The van der Waals surface area contributed by atoms with Crippen LogP contribution in [0.4, 0.5) is 0 Å². The molecule has 5 heterocycles. The topological polar surface area (TPSA) is 92.0 Å². The zero-order valence-electron chi connectivity index (χ0n) is 20.7. The fraction of sp³-hybridized carbons (Fsp3) is 0.393. The molecule has 0 aliphatic carbocycles. The molecule has 0 atom stereocenters. The Morgan fingerprint density at radius 1 is 1.17 bits per heavy atom. The molecule has 6 rings (SSSR count). The molecule has 1 N–H and O–H groups in total. The van der Waals surface area contributed by atoms with E-state index in [1.54, 1.807) is 0 Å². The van der Waals surface area contributed by atoms with Crippen molar-refractivity contribution in [2.75, 3.05) is 40.0 Å². The van der Waals surface area contributed by atoms with Gasteiger partial charge in [-0.2, -0.15) is 10.4 Å². The largest absolute Gasteiger partial charge is 0.491 e. The summed E-state index contributed by atoms with van der Waals surface area (Å²) in [6.45, 7) is 6.24. The molecular formula is C28H30N6O2. The minimum Gasteiger partial charge on any atom is -0.491 e. The maximum absolute atomic E-state index is 9.78. The first-order valence-electron chi connectivity index (χ1n) is 12.5. The number of rotatable bonds is 6. The van der Waals surface area contributed by atoms with Crippen molar-refractivity contribution in [1.82, 2.24) is 24.6 Å². The number of likely N-dealkylation sites (tertiary alicyclic amines) is 1. The van der Waals surface area contributed by atoms with Crippen LogP contribution in [0.5, 0.6) is 5.75 Å². The second kappa shape index (κ2) is 9.08. The summed E-state index contributed by atoms with van der Waals surface area (Å²) in [5, 5.41) is 15.5. The molecule has 4 aromatic rings. The Morgan fingerprint density at radius 2 is 2.00 bits per heavy atom. The van der Waals surface area contributed by atoms with E-state index >= 15 is 0 Å². The molecule has 0 amide bonds. The van der Waals surface area contributed by atoms with Gasteiger partial charge in [0.15, 0.2) is 0 Å². The summed E-state index contributed by atoms with van der Waals surface area (Å²) >= 11 is 0. The molecule has 0 spiro atoms. The third-order valence-electron chi connectivity index (χ3n) is 7.42. The lowest BCUT2D eigenvalue weighted by atomic mass is 9.90. The second-order valence-electron chi connectivity index (χ2n) is 10.5. The molecule has 2 saturated heterocycles. The van der Waals surface area contributed by atoms with Gasteiger partial charge in [-0.25, -0.2) is 4.98 Å². The molecule has 184 valence electrons. The molecule has 8 heteroatoms. The summed E-state index contributed by atoms with van der Waals surface area (Å²) in [7, 11) is 2.17. The quantitative estimate of drug-likeness (QED) is 0.430. The molecule has 36 heavy (non-hydrogen) atoms. The number of piperidine rings is 1. The van der Waals surface area contributed by atoms with Crippen LogP contribution in [0.25, 0.3) is 33.3 Å². The number of nitriles is 1. The van der Waals surface area contributed by atoms with Crippen molar-refractivity contribution in [3.63, 3.8) is 0 Å². The van der Waals surface area contributed by atoms with E-state index in [0.29, 0.717) is 37.2 Å². The van der Waals surface area contributed by atoms with Crippen molar-refractivity contribution < 1.29 is 9.47 Å². The predicted molar refractivity (Wildman–Crippen MR) is 138 cm³/mol. The highest BCUT2D eigenvalue weighted by atomic mass is 16.5. The van der Waals surface area contributed by atoms with Gasteiger partial charge in [0.2, 0.25) is 0 Å². The van der Waals surface area contributed by atoms with E-state index < -0.39 is 0 Å². The lowest BCUT2D eigenvalue weighted by Gasteiger charge is -2.37. The fourth-order valence-electron chi connectivity index (χ4n) is 5.04. The SMILES string of the molecule is CN1CCC(n2cc(-c3cnc4[nH]cc(-c5ccc(OCC6(C)COC6)c(C#N)c5)c4c3)cn2)CC1. The summed E-state index contributed by atoms with van der Waals surface area (Å²) in [6, 6.07) is 10.7. The zero-order valence-corrected chi connectivity index (χ0v) is 20.7. The van der Waals surface area contributed by atoms with Gasteiger partial charge in [-0.15, -0.1) is 0 Å². The fourth-order valence-corrected chi connectivity index (χ4v) is 5.04. The van der Waals surface area contributed by atoms with E-state index in [1.165, 1.54) is 0 Å². The summed E-state index contributed by atoms with van der Waals surface area (Å²) in [6.07, 6.45) is 10.1. The van der Waals surface area contributed by atoms with Gasteiger partial charge in [0.05, 0.1) is 37.6 Å². The summed E-state index contributed by atoms with van der Waals surface area (Å²) < 4.78 is 13.4. The van der Waals surface area contributed by atoms with Crippen LogP contribution in [0.1, 0.15) is 31.4 Å². The Labute approximate surface area is 210 Å². The third kappa shape index (κ3) is 4.25. The number of aromatic amines is 1. The summed E-state index contributed by atoms with van der Waals surface area (Å²) in [4.78, 5) is 10.3. The molecule has 3 aromatic heterocycles. The highest BCUT2D eigenvalue weighted by Crippen LogP contribution is 2.35. The average Bonchev–Trinajstić information content (AvgIpc) is 3.54. The minimum absolute atomic E-state index is 0.0193. The number of hydrogen-bond donors (Lipinski definition) is 1. The van der Waals surface area contributed by atoms with E-state index in [1.807, 2.05) is 36.8 Å². The molecule has 0 bridgehead atoms. The van der Waals surface area contributed by atoms with Crippen molar-refractivity contribution in [1.29, 1.82) is 5.26 Å². The summed E-state index contributed by atoms with van der Waals surface area (Å²) in [5.41, 5.74) is 5.39. The number of nitrogens with one attached hydrogen (secondary N) is 1. The van der Waals surface area contributed by atoms with Crippen LogP contribution in [-0.4, -0.2) is 64.6 Å².